The summed E-state index contributed by atoms with van der Waals surface area (Å²) in [5.41, 5.74) is -1.11. The molecule has 0 saturated heterocycles. The van der Waals surface area contributed by atoms with E-state index in [1.54, 1.807) is 20.8 Å². The van der Waals surface area contributed by atoms with Gasteiger partial charge in [0, 0.05) is 50.2 Å². The van der Waals surface area contributed by atoms with Gasteiger partial charge in [0.25, 0.3) is 0 Å². The highest BCUT2D eigenvalue weighted by atomic mass is 16.2. The normalized spacial score (nSPS) is 13.2. The lowest BCUT2D eigenvalue weighted by Gasteiger charge is -2.29. The van der Waals surface area contributed by atoms with E-state index in [1.807, 2.05) is 39.8 Å². The van der Waals surface area contributed by atoms with Crippen LogP contribution in [-0.4, -0.2) is 73.5 Å². The molecule has 0 aromatic rings. The topological polar surface area (TPSA) is 86.8 Å². The molecule has 0 rings (SSSR count). The summed E-state index contributed by atoms with van der Waals surface area (Å²) in [5, 5.41) is 2.80. The van der Waals surface area contributed by atoms with Crippen LogP contribution < -0.4 is 5.32 Å². The molecule has 0 aromatic heterocycles. The van der Waals surface area contributed by atoms with E-state index in [0.717, 1.165) is 0 Å². The Kier molecular flexibility index (Phi) is 10.0. The van der Waals surface area contributed by atoms with Gasteiger partial charge in [-0.05, 0) is 14.1 Å². The maximum atomic E-state index is 12.7. The maximum absolute atomic E-state index is 12.7. The van der Waals surface area contributed by atoms with E-state index in [2.05, 4.69) is 5.32 Å². The van der Waals surface area contributed by atoms with Gasteiger partial charge in [0.15, 0.2) is 0 Å². The number of hydrogen-bond donors (Lipinski definition) is 1. The van der Waals surface area contributed by atoms with Crippen molar-refractivity contribution in [1.82, 2.24) is 15.1 Å². The highest BCUT2D eigenvalue weighted by molar-refractivity contribution is 5.95. The Morgan fingerprint density at radius 3 is 1.75 bits per heavy atom. The van der Waals surface area contributed by atoms with Gasteiger partial charge in [-0.2, -0.15) is 0 Å². The molecule has 0 bridgehead atoms. The first-order valence-corrected chi connectivity index (χ1v) is 9.82. The molecule has 1 atom stereocenters. The molecular formula is C21H39N3O4. The molecule has 0 heterocycles. The molecule has 0 aromatic carbocycles. The van der Waals surface area contributed by atoms with E-state index < -0.39 is 16.9 Å². The third kappa shape index (κ3) is 9.44. The van der Waals surface area contributed by atoms with Gasteiger partial charge in [0.05, 0.1) is 0 Å². The maximum Gasteiger partial charge on any atom is 0.243 e. The van der Waals surface area contributed by atoms with Crippen molar-refractivity contribution in [2.75, 3.05) is 34.2 Å². The first kappa shape index (κ1) is 26.2. The van der Waals surface area contributed by atoms with Gasteiger partial charge in [-0.3, -0.25) is 19.2 Å². The van der Waals surface area contributed by atoms with E-state index >= 15 is 0 Å². The van der Waals surface area contributed by atoms with Gasteiger partial charge < -0.3 is 15.1 Å². The van der Waals surface area contributed by atoms with Crippen LogP contribution in [0.4, 0.5) is 0 Å². The number of Topliss-reactive ketones (excluding diaryl/α,β-unsaturated/α-hetero) is 2. The number of amides is 2. The second-order valence-corrected chi connectivity index (χ2v) is 9.67. The molecule has 28 heavy (non-hydrogen) atoms. The molecule has 1 N–H and O–H groups in total. The lowest BCUT2D eigenvalue weighted by molar-refractivity contribution is -0.142. The average Bonchev–Trinajstić information content (AvgIpc) is 2.53. The predicted molar refractivity (Wildman–Crippen MR) is 111 cm³/mol. The van der Waals surface area contributed by atoms with E-state index in [-0.39, 0.29) is 42.6 Å². The molecule has 0 radical (unpaired) electrons. The molecule has 0 fully saturated rings. The number of hydrogen-bond acceptors (Lipinski definition) is 5. The van der Waals surface area contributed by atoms with Crippen LogP contribution in [0.1, 0.15) is 60.8 Å². The molecule has 0 spiro atoms. The minimum atomic E-state index is -0.883. The number of ketones is 2. The van der Waals surface area contributed by atoms with Crippen molar-refractivity contribution >= 4 is 23.4 Å². The van der Waals surface area contributed by atoms with Gasteiger partial charge in [-0.25, -0.2) is 0 Å². The highest BCUT2D eigenvalue weighted by Crippen LogP contribution is 2.21. The van der Waals surface area contributed by atoms with Crippen LogP contribution in [0.15, 0.2) is 0 Å². The summed E-state index contributed by atoms with van der Waals surface area (Å²) in [6, 6.07) is -0.883. The van der Waals surface area contributed by atoms with Gasteiger partial charge in [0.1, 0.15) is 17.6 Å². The smallest absolute Gasteiger partial charge is 0.243 e. The van der Waals surface area contributed by atoms with Crippen molar-refractivity contribution in [2.24, 2.45) is 10.8 Å². The zero-order chi connectivity index (χ0) is 22.3. The van der Waals surface area contributed by atoms with Gasteiger partial charge in [0.2, 0.25) is 11.8 Å². The van der Waals surface area contributed by atoms with Crippen LogP contribution in [0.3, 0.4) is 0 Å². The Morgan fingerprint density at radius 1 is 0.821 bits per heavy atom. The zero-order valence-electron chi connectivity index (χ0n) is 19.1. The molecule has 7 nitrogen and oxygen atoms in total. The molecule has 2 amide bonds. The Bertz CT molecular complexity index is 571. The van der Waals surface area contributed by atoms with Crippen molar-refractivity contribution < 1.29 is 19.2 Å². The van der Waals surface area contributed by atoms with E-state index in [9.17, 15) is 19.2 Å². The van der Waals surface area contributed by atoms with E-state index in [1.165, 1.54) is 11.9 Å². The van der Waals surface area contributed by atoms with Crippen LogP contribution in [-0.2, 0) is 19.2 Å². The second-order valence-electron chi connectivity index (χ2n) is 9.67. The summed E-state index contributed by atoms with van der Waals surface area (Å²) in [6.45, 7) is 11.9. The van der Waals surface area contributed by atoms with Crippen molar-refractivity contribution in [3.05, 3.63) is 0 Å². The fourth-order valence-electron chi connectivity index (χ4n) is 2.35. The third-order valence-corrected chi connectivity index (χ3v) is 4.64. The van der Waals surface area contributed by atoms with Crippen LogP contribution in [0.25, 0.3) is 0 Å². The quantitative estimate of drug-likeness (QED) is 0.608. The summed E-state index contributed by atoms with van der Waals surface area (Å²) in [5.74, 6) is -0.762. The van der Waals surface area contributed by atoms with Crippen LogP contribution in [0.5, 0.6) is 0 Å². The third-order valence-electron chi connectivity index (χ3n) is 4.64. The summed E-state index contributed by atoms with van der Waals surface area (Å²) in [4.78, 5) is 53.1. The molecule has 7 heteroatoms. The van der Waals surface area contributed by atoms with Crippen molar-refractivity contribution in [3.8, 4) is 0 Å². The average molecular weight is 398 g/mol. The number of carbonyl (C=O) groups excluding carboxylic acids is 4. The molecule has 0 aliphatic heterocycles. The first-order chi connectivity index (χ1) is 12.6. The highest BCUT2D eigenvalue weighted by Gasteiger charge is 2.33. The summed E-state index contributed by atoms with van der Waals surface area (Å²) < 4.78 is 0. The fourth-order valence-corrected chi connectivity index (χ4v) is 2.35. The number of likely N-dealkylation sites (N-methyl/N-ethyl adjacent to an activating group) is 2. The Labute approximate surface area is 170 Å². The minimum Gasteiger partial charge on any atom is -0.353 e. The molecular weight excluding hydrogens is 358 g/mol. The van der Waals surface area contributed by atoms with Crippen LogP contribution in [0.2, 0.25) is 0 Å². The Balaban J connectivity index is 5.19. The van der Waals surface area contributed by atoms with Crippen molar-refractivity contribution in [1.29, 1.82) is 0 Å². The largest absolute Gasteiger partial charge is 0.353 e. The van der Waals surface area contributed by atoms with Crippen molar-refractivity contribution in [3.63, 3.8) is 0 Å². The molecule has 0 saturated carbocycles. The SMILES string of the molecule is CN(C)CCNC(=O)C(CC(=O)C(C)(C)C)N(C)C(=O)CCC(=O)C(C)(C)C. The lowest BCUT2D eigenvalue weighted by Crippen LogP contribution is -2.50. The Hall–Kier alpha value is -1.76. The molecule has 162 valence electrons. The minimum absolute atomic E-state index is 0.00741. The van der Waals surface area contributed by atoms with Gasteiger partial charge >= 0.3 is 0 Å². The Morgan fingerprint density at radius 2 is 1.32 bits per heavy atom. The van der Waals surface area contributed by atoms with Gasteiger partial charge in [-0.1, -0.05) is 41.5 Å². The summed E-state index contributed by atoms with van der Waals surface area (Å²) in [7, 11) is 5.32. The van der Waals surface area contributed by atoms with Crippen molar-refractivity contribution in [2.45, 2.75) is 66.8 Å². The van der Waals surface area contributed by atoms with E-state index in [4.69, 9.17) is 0 Å². The predicted octanol–water partition coefficient (Wildman–Crippen LogP) is 1.89. The first-order valence-electron chi connectivity index (χ1n) is 9.82. The summed E-state index contributed by atoms with van der Waals surface area (Å²) in [6.07, 6.45) is 0.0966. The monoisotopic (exact) mass is 397 g/mol. The van der Waals surface area contributed by atoms with E-state index in [0.29, 0.717) is 13.1 Å². The van der Waals surface area contributed by atoms with Gasteiger partial charge in [-0.15, -0.1) is 0 Å². The number of rotatable bonds is 10. The molecule has 1 unspecified atom stereocenters. The second kappa shape index (κ2) is 10.7. The fraction of sp³-hybridized carbons (Fsp3) is 0.810. The standard InChI is InChI=1S/C21H39N3O4/c1-20(2,3)16(25)10-11-18(27)24(9)15(14-17(26)21(4,5)6)19(28)22-12-13-23(7)8/h15H,10-14H2,1-9H3,(H,22,28). The van der Waals surface area contributed by atoms with Crippen LogP contribution in [0, 0.1) is 10.8 Å². The van der Waals surface area contributed by atoms with Crippen LogP contribution >= 0.6 is 0 Å². The molecule has 0 aliphatic rings. The lowest BCUT2D eigenvalue weighted by atomic mass is 9.86. The molecule has 0 aliphatic carbocycles. The number of carbonyl (C=O) groups is 4. The number of nitrogens with one attached hydrogen (secondary N) is 1. The number of nitrogens with zero attached hydrogens (tertiary/aromatic N) is 2. The zero-order valence-corrected chi connectivity index (χ0v) is 19.1. The summed E-state index contributed by atoms with van der Waals surface area (Å²) >= 11 is 0.